The summed E-state index contributed by atoms with van der Waals surface area (Å²) in [7, 11) is 1.58. The van der Waals surface area contributed by atoms with E-state index >= 15 is 0 Å². The minimum Gasteiger partial charge on any atom is -0.497 e. The first-order chi connectivity index (χ1) is 10.7. The lowest BCUT2D eigenvalue weighted by Gasteiger charge is -2.13. The number of aliphatic hydroxyl groups excluding tert-OH is 1. The van der Waals surface area contributed by atoms with Crippen LogP contribution in [0.4, 0.5) is 4.39 Å². The molecule has 0 fully saturated rings. The molecule has 0 amide bonds. The van der Waals surface area contributed by atoms with Gasteiger partial charge in [-0.05, 0) is 29.8 Å². The Morgan fingerprint density at radius 2 is 1.86 bits per heavy atom. The van der Waals surface area contributed by atoms with Crippen LogP contribution < -0.4 is 4.74 Å². The molecule has 0 radical (unpaired) electrons. The number of methoxy groups -OCH3 is 1. The molecule has 0 spiro atoms. The van der Waals surface area contributed by atoms with Crippen LogP contribution in [-0.2, 0) is 6.42 Å². The second kappa shape index (κ2) is 6.20. The molecule has 2 atom stereocenters. The highest BCUT2D eigenvalue weighted by atomic mass is 19.1. The van der Waals surface area contributed by atoms with Gasteiger partial charge in [-0.2, -0.15) is 0 Å². The molecular formula is C18H17FO3. The van der Waals surface area contributed by atoms with Crippen LogP contribution in [0.15, 0.2) is 59.0 Å². The van der Waals surface area contributed by atoms with E-state index in [0.717, 1.165) is 16.7 Å². The molecule has 2 aromatic carbocycles. The van der Waals surface area contributed by atoms with Crippen molar-refractivity contribution in [2.75, 3.05) is 7.11 Å². The minimum atomic E-state index is -1.44. The van der Waals surface area contributed by atoms with Crippen molar-refractivity contribution >= 4 is 11.0 Å². The molecule has 4 heteroatoms. The van der Waals surface area contributed by atoms with E-state index in [0.29, 0.717) is 5.58 Å². The van der Waals surface area contributed by atoms with Gasteiger partial charge in [-0.1, -0.05) is 30.3 Å². The van der Waals surface area contributed by atoms with Gasteiger partial charge in [-0.3, -0.25) is 0 Å². The summed E-state index contributed by atoms with van der Waals surface area (Å²) >= 11 is 0. The molecule has 3 nitrogen and oxygen atoms in total. The normalized spacial score (nSPS) is 14.0. The van der Waals surface area contributed by atoms with E-state index in [1.165, 1.54) is 0 Å². The average molecular weight is 300 g/mol. The minimum absolute atomic E-state index is 0.113. The predicted octanol–water partition coefficient (Wildman–Crippen LogP) is 4.06. The van der Waals surface area contributed by atoms with Crippen LogP contribution in [0.5, 0.6) is 5.75 Å². The van der Waals surface area contributed by atoms with Crippen molar-refractivity contribution in [3.05, 3.63) is 65.9 Å². The zero-order valence-electron chi connectivity index (χ0n) is 12.2. The van der Waals surface area contributed by atoms with E-state index in [4.69, 9.17) is 9.15 Å². The summed E-state index contributed by atoms with van der Waals surface area (Å²) in [6.45, 7) is 0. The first kappa shape index (κ1) is 14.6. The second-order valence-corrected chi connectivity index (χ2v) is 5.20. The van der Waals surface area contributed by atoms with Gasteiger partial charge in [0.05, 0.1) is 7.11 Å². The predicted molar refractivity (Wildman–Crippen MR) is 82.8 cm³/mol. The van der Waals surface area contributed by atoms with E-state index in [-0.39, 0.29) is 12.2 Å². The first-order valence-electron chi connectivity index (χ1n) is 7.11. The molecule has 1 N–H and O–H groups in total. The van der Waals surface area contributed by atoms with Gasteiger partial charge in [0.25, 0.3) is 0 Å². The lowest BCUT2D eigenvalue weighted by Crippen LogP contribution is -2.15. The molecule has 0 aliphatic heterocycles. The molecule has 0 saturated heterocycles. The molecular weight excluding hydrogens is 283 g/mol. The largest absolute Gasteiger partial charge is 0.497 e. The Morgan fingerprint density at radius 1 is 1.14 bits per heavy atom. The Morgan fingerprint density at radius 3 is 2.55 bits per heavy atom. The van der Waals surface area contributed by atoms with Crippen LogP contribution in [-0.4, -0.2) is 18.4 Å². The molecule has 1 heterocycles. The lowest BCUT2D eigenvalue weighted by molar-refractivity contribution is 0.0609. The molecule has 22 heavy (non-hydrogen) atoms. The van der Waals surface area contributed by atoms with Crippen LogP contribution >= 0.6 is 0 Å². The number of para-hydroxylation sites is 1. The van der Waals surface area contributed by atoms with Crippen LogP contribution in [0.2, 0.25) is 0 Å². The van der Waals surface area contributed by atoms with E-state index in [2.05, 4.69) is 0 Å². The number of hydrogen-bond donors (Lipinski definition) is 1. The molecule has 0 bridgehead atoms. The Bertz CT molecular complexity index is 715. The van der Waals surface area contributed by atoms with Gasteiger partial charge >= 0.3 is 0 Å². The Kier molecular flexibility index (Phi) is 4.11. The second-order valence-electron chi connectivity index (χ2n) is 5.20. The monoisotopic (exact) mass is 300 g/mol. The van der Waals surface area contributed by atoms with Crippen molar-refractivity contribution in [1.82, 2.24) is 0 Å². The molecule has 3 rings (SSSR count). The maximum absolute atomic E-state index is 14.3. The van der Waals surface area contributed by atoms with Crippen molar-refractivity contribution < 1.29 is 18.7 Å². The fourth-order valence-corrected chi connectivity index (χ4v) is 2.42. The van der Waals surface area contributed by atoms with Gasteiger partial charge in [0.2, 0.25) is 0 Å². The number of hydrogen-bond acceptors (Lipinski definition) is 3. The summed E-state index contributed by atoms with van der Waals surface area (Å²) in [5.74, 6) is 0.971. The average Bonchev–Trinajstić information content (AvgIpc) is 2.98. The summed E-state index contributed by atoms with van der Waals surface area (Å²) in [6.07, 6.45) is -2.61. The number of rotatable bonds is 5. The molecule has 0 saturated carbocycles. The lowest BCUT2D eigenvalue weighted by atomic mass is 10.0. The van der Waals surface area contributed by atoms with Crippen LogP contribution in [0, 0.1) is 0 Å². The molecule has 0 aliphatic carbocycles. The molecule has 1 aromatic heterocycles. The van der Waals surface area contributed by atoms with E-state index in [1.54, 1.807) is 43.5 Å². The van der Waals surface area contributed by atoms with Crippen LogP contribution in [0.25, 0.3) is 11.0 Å². The number of fused-ring (bicyclic) bond motifs is 1. The SMILES string of the molecule is COc1ccc(C[C@H](F)[C@@H](O)c2cc3ccccc3o2)cc1. The third kappa shape index (κ3) is 2.97. The number of ether oxygens (including phenoxy) is 1. The van der Waals surface area contributed by atoms with Gasteiger partial charge in [0, 0.05) is 11.8 Å². The van der Waals surface area contributed by atoms with E-state index < -0.39 is 12.3 Å². The molecule has 3 aromatic rings. The fourth-order valence-electron chi connectivity index (χ4n) is 2.42. The van der Waals surface area contributed by atoms with Crippen LogP contribution in [0.1, 0.15) is 17.4 Å². The first-order valence-corrected chi connectivity index (χ1v) is 7.11. The maximum Gasteiger partial charge on any atom is 0.143 e. The molecule has 0 unspecified atom stereocenters. The topological polar surface area (TPSA) is 42.6 Å². The third-order valence-electron chi connectivity index (χ3n) is 3.67. The van der Waals surface area contributed by atoms with Crippen molar-refractivity contribution in [3.8, 4) is 5.75 Å². The summed E-state index contributed by atoms with van der Waals surface area (Å²) in [4.78, 5) is 0. The Balaban J connectivity index is 1.74. The van der Waals surface area contributed by atoms with Gasteiger partial charge < -0.3 is 14.3 Å². The van der Waals surface area contributed by atoms with Gasteiger partial charge in [-0.15, -0.1) is 0 Å². The van der Waals surface area contributed by atoms with Crippen LogP contribution in [0.3, 0.4) is 0 Å². The Labute approximate surface area is 127 Å². The van der Waals surface area contributed by atoms with Gasteiger partial charge in [0.15, 0.2) is 0 Å². The molecule has 0 aliphatic rings. The van der Waals surface area contributed by atoms with Gasteiger partial charge in [-0.25, -0.2) is 4.39 Å². The number of furan rings is 1. The van der Waals surface area contributed by atoms with Crippen molar-refractivity contribution in [2.45, 2.75) is 18.7 Å². The van der Waals surface area contributed by atoms with Crippen molar-refractivity contribution in [1.29, 1.82) is 0 Å². The smallest absolute Gasteiger partial charge is 0.143 e. The number of aliphatic hydroxyl groups is 1. The summed E-state index contributed by atoms with van der Waals surface area (Å²) < 4.78 is 24.9. The van der Waals surface area contributed by atoms with Gasteiger partial charge in [0.1, 0.15) is 29.4 Å². The number of benzene rings is 2. The van der Waals surface area contributed by atoms with Crippen molar-refractivity contribution in [3.63, 3.8) is 0 Å². The summed E-state index contributed by atoms with van der Waals surface area (Å²) in [6, 6.07) is 16.2. The summed E-state index contributed by atoms with van der Waals surface area (Å²) in [5, 5.41) is 11.0. The standard InChI is InChI=1S/C18H17FO3/c1-21-14-8-6-12(7-9-14)10-15(19)18(20)17-11-13-4-2-3-5-16(13)22-17/h2-9,11,15,18,20H,10H2,1H3/t15-,18+/m0/s1. The maximum atomic E-state index is 14.3. The van der Waals surface area contributed by atoms with E-state index in [9.17, 15) is 9.50 Å². The molecule has 114 valence electrons. The Hall–Kier alpha value is -2.33. The highest BCUT2D eigenvalue weighted by molar-refractivity contribution is 5.77. The highest BCUT2D eigenvalue weighted by Gasteiger charge is 2.24. The number of alkyl halides is 1. The number of halogens is 1. The highest BCUT2D eigenvalue weighted by Crippen LogP contribution is 2.28. The zero-order valence-corrected chi connectivity index (χ0v) is 12.2. The quantitative estimate of drug-likeness (QED) is 0.773. The fraction of sp³-hybridized carbons (Fsp3) is 0.222. The third-order valence-corrected chi connectivity index (χ3v) is 3.67. The summed E-state index contributed by atoms with van der Waals surface area (Å²) in [5.41, 5.74) is 1.44. The van der Waals surface area contributed by atoms with Crippen molar-refractivity contribution in [2.24, 2.45) is 0 Å². The van der Waals surface area contributed by atoms with E-state index in [1.807, 2.05) is 18.2 Å². The zero-order chi connectivity index (χ0) is 15.5.